The molecule has 1 heterocycles. The van der Waals surface area contributed by atoms with Crippen molar-refractivity contribution in [2.24, 2.45) is 5.73 Å². The molecule has 0 unspecified atom stereocenters. The second-order valence-electron chi connectivity index (χ2n) is 6.36. The molecule has 5 amide bonds. The number of urea groups is 1. The van der Waals surface area contributed by atoms with Crippen LogP contribution in [0.4, 0.5) is 20.6 Å². The van der Waals surface area contributed by atoms with Crippen LogP contribution in [0.2, 0.25) is 0 Å². The predicted molar refractivity (Wildman–Crippen MR) is 98.0 cm³/mol. The van der Waals surface area contributed by atoms with Crippen molar-refractivity contribution in [2.45, 2.75) is 25.9 Å². The van der Waals surface area contributed by atoms with Crippen LogP contribution in [0.3, 0.4) is 0 Å². The predicted octanol–water partition coefficient (Wildman–Crippen LogP) is -0.311. The summed E-state index contributed by atoms with van der Waals surface area (Å²) >= 11 is 0. The van der Waals surface area contributed by atoms with Crippen molar-refractivity contribution in [3.63, 3.8) is 0 Å². The summed E-state index contributed by atoms with van der Waals surface area (Å²) < 4.78 is 19.4. The normalized spacial score (nSPS) is 15.1. The zero-order chi connectivity index (χ0) is 20.8. The van der Waals surface area contributed by atoms with E-state index in [1.807, 2.05) is 0 Å². The van der Waals surface area contributed by atoms with Crippen molar-refractivity contribution in [1.29, 1.82) is 0 Å². The second kappa shape index (κ2) is 9.13. The number of benzene rings is 1. The molecule has 5 N–H and O–H groups in total. The molecule has 10 nitrogen and oxygen atoms in total. The molecule has 152 valence electrons. The largest absolute Gasteiger partial charge is 0.370 e. The molecule has 1 saturated heterocycles. The van der Waals surface area contributed by atoms with E-state index in [0.29, 0.717) is 12.3 Å². The van der Waals surface area contributed by atoms with Gasteiger partial charge in [0.1, 0.15) is 12.4 Å². The van der Waals surface area contributed by atoms with Crippen molar-refractivity contribution < 1.29 is 28.3 Å². The SMILES string of the molecule is CC(C)NC(=O)N[C@@H](C(N)=O)C(=O)Nc1ccc(N2CCOCC2=O)cc1F. The Bertz CT molecular complexity index is 785. The van der Waals surface area contributed by atoms with Gasteiger partial charge < -0.3 is 31.3 Å². The molecule has 0 radical (unpaired) electrons. The fraction of sp³-hybridized carbons (Fsp3) is 0.412. The molecule has 1 atom stereocenters. The maximum Gasteiger partial charge on any atom is 0.316 e. The van der Waals surface area contributed by atoms with Crippen LogP contribution < -0.4 is 26.6 Å². The summed E-state index contributed by atoms with van der Waals surface area (Å²) in [7, 11) is 0. The van der Waals surface area contributed by atoms with E-state index in [0.717, 1.165) is 6.07 Å². The molecule has 0 saturated carbocycles. The second-order valence-corrected chi connectivity index (χ2v) is 6.36. The summed E-state index contributed by atoms with van der Waals surface area (Å²) in [6.45, 7) is 3.90. The molecule has 1 aliphatic rings. The number of amides is 5. The average molecular weight is 395 g/mol. The van der Waals surface area contributed by atoms with E-state index in [2.05, 4.69) is 16.0 Å². The van der Waals surface area contributed by atoms with E-state index in [1.54, 1.807) is 13.8 Å². The molecule has 2 rings (SSSR count). The number of primary amides is 1. The van der Waals surface area contributed by atoms with Gasteiger partial charge in [-0.2, -0.15) is 0 Å². The summed E-state index contributed by atoms with van der Waals surface area (Å²) in [6.07, 6.45) is 0. The number of hydrogen-bond acceptors (Lipinski definition) is 5. The number of anilines is 2. The van der Waals surface area contributed by atoms with Gasteiger partial charge in [0.15, 0.2) is 6.04 Å². The minimum absolute atomic E-state index is 0.0927. The molecule has 28 heavy (non-hydrogen) atoms. The van der Waals surface area contributed by atoms with E-state index in [4.69, 9.17) is 10.5 Å². The number of nitrogens with one attached hydrogen (secondary N) is 3. The third kappa shape index (κ3) is 5.39. The highest BCUT2D eigenvalue weighted by Crippen LogP contribution is 2.23. The number of rotatable bonds is 6. The van der Waals surface area contributed by atoms with Crippen molar-refractivity contribution in [3.05, 3.63) is 24.0 Å². The topological polar surface area (TPSA) is 143 Å². The molecule has 0 bridgehead atoms. The Kier molecular flexibility index (Phi) is 6.88. The lowest BCUT2D eigenvalue weighted by Gasteiger charge is -2.27. The smallest absolute Gasteiger partial charge is 0.316 e. The number of carbonyl (C=O) groups excluding carboxylic acids is 4. The average Bonchev–Trinajstić information content (AvgIpc) is 2.61. The minimum Gasteiger partial charge on any atom is -0.370 e. The number of nitrogens with two attached hydrogens (primary N) is 1. The molecule has 1 fully saturated rings. The lowest BCUT2D eigenvalue weighted by Crippen LogP contribution is -2.55. The molecule has 11 heteroatoms. The lowest BCUT2D eigenvalue weighted by molar-refractivity contribution is -0.128. The fourth-order valence-corrected chi connectivity index (χ4v) is 2.47. The molecule has 1 aromatic rings. The Balaban J connectivity index is 2.10. The Labute approximate surface area is 160 Å². The Morgan fingerprint density at radius 3 is 2.54 bits per heavy atom. The Morgan fingerprint density at radius 1 is 1.25 bits per heavy atom. The van der Waals surface area contributed by atoms with Crippen LogP contribution in [0.15, 0.2) is 18.2 Å². The summed E-state index contributed by atoms with van der Waals surface area (Å²) in [4.78, 5) is 48.7. The first kappa shape index (κ1) is 21.1. The van der Waals surface area contributed by atoms with E-state index in [9.17, 15) is 23.6 Å². The lowest BCUT2D eigenvalue weighted by atomic mass is 10.2. The molecular weight excluding hydrogens is 373 g/mol. The van der Waals surface area contributed by atoms with Crippen LogP contribution in [0, 0.1) is 5.82 Å². The van der Waals surface area contributed by atoms with Crippen LogP contribution in [-0.2, 0) is 19.1 Å². The van der Waals surface area contributed by atoms with E-state index in [-0.39, 0.29) is 30.8 Å². The van der Waals surface area contributed by atoms with Crippen LogP contribution >= 0.6 is 0 Å². The first-order chi connectivity index (χ1) is 13.2. The maximum absolute atomic E-state index is 14.4. The van der Waals surface area contributed by atoms with Gasteiger partial charge in [-0.25, -0.2) is 9.18 Å². The number of ether oxygens (including phenoxy) is 1. The van der Waals surface area contributed by atoms with Gasteiger partial charge in [0, 0.05) is 18.3 Å². The van der Waals surface area contributed by atoms with Crippen LogP contribution in [0.1, 0.15) is 13.8 Å². The minimum atomic E-state index is -1.70. The van der Waals surface area contributed by atoms with Gasteiger partial charge in [-0.05, 0) is 32.0 Å². The molecule has 0 aliphatic carbocycles. The summed E-state index contributed by atoms with van der Waals surface area (Å²) in [5.74, 6) is -3.23. The van der Waals surface area contributed by atoms with Crippen LogP contribution in [0.25, 0.3) is 0 Å². The summed E-state index contributed by atoms with van der Waals surface area (Å²) in [5, 5.41) is 6.78. The molecule has 1 aromatic carbocycles. The van der Waals surface area contributed by atoms with E-state index in [1.165, 1.54) is 17.0 Å². The highest BCUT2D eigenvalue weighted by atomic mass is 19.1. The van der Waals surface area contributed by atoms with Gasteiger partial charge >= 0.3 is 6.03 Å². The number of morpholine rings is 1. The number of hydrogen-bond donors (Lipinski definition) is 4. The zero-order valence-corrected chi connectivity index (χ0v) is 15.5. The standard InChI is InChI=1S/C17H22FN5O5/c1-9(2)20-17(27)22-14(15(19)25)16(26)21-12-4-3-10(7-11(12)18)23-5-6-28-8-13(23)24/h3-4,7,9,14H,5-6,8H2,1-2H3,(H2,19,25)(H,21,26)(H2,20,22,27)/t14-/m0/s1. The molecule has 0 spiro atoms. The van der Waals surface area contributed by atoms with Crippen molar-refractivity contribution >= 4 is 35.1 Å². The summed E-state index contributed by atoms with van der Waals surface area (Å²) in [6, 6.07) is 1.08. The van der Waals surface area contributed by atoms with Crippen molar-refractivity contribution in [3.8, 4) is 0 Å². The first-order valence-electron chi connectivity index (χ1n) is 8.54. The summed E-state index contributed by atoms with van der Waals surface area (Å²) in [5.41, 5.74) is 5.23. The highest BCUT2D eigenvalue weighted by Gasteiger charge is 2.28. The van der Waals surface area contributed by atoms with Gasteiger partial charge in [-0.15, -0.1) is 0 Å². The third-order valence-electron chi connectivity index (χ3n) is 3.75. The molecule has 1 aliphatic heterocycles. The highest BCUT2D eigenvalue weighted by molar-refractivity contribution is 6.11. The van der Waals surface area contributed by atoms with Crippen molar-refractivity contribution in [2.75, 3.05) is 30.0 Å². The van der Waals surface area contributed by atoms with Gasteiger partial charge in [-0.3, -0.25) is 14.4 Å². The maximum atomic E-state index is 14.4. The van der Waals surface area contributed by atoms with E-state index < -0.39 is 29.7 Å². The zero-order valence-electron chi connectivity index (χ0n) is 15.5. The Hall–Kier alpha value is -3.21. The number of nitrogens with zero attached hydrogens (tertiary/aromatic N) is 1. The third-order valence-corrected chi connectivity index (χ3v) is 3.75. The van der Waals surface area contributed by atoms with Crippen LogP contribution in [0.5, 0.6) is 0 Å². The van der Waals surface area contributed by atoms with Crippen molar-refractivity contribution in [1.82, 2.24) is 10.6 Å². The van der Waals surface area contributed by atoms with Gasteiger partial charge in [0.05, 0.1) is 12.3 Å². The number of halogens is 1. The fourth-order valence-electron chi connectivity index (χ4n) is 2.47. The van der Waals surface area contributed by atoms with Gasteiger partial charge in [-0.1, -0.05) is 0 Å². The number of carbonyl (C=O) groups is 4. The van der Waals surface area contributed by atoms with Gasteiger partial charge in [0.2, 0.25) is 5.91 Å². The monoisotopic (exact) mass is 395 g/mol. The molecule has 0 aromatic heterocycles. The van der Waals surface area contributed by atoms with Gasteiger partial charge in [0.25, 0.3) is 11.8 Å². The quantitative estimate of drug-likeness (QED) is 0.489. The Morgan fingerprint density at radius 2 is 1.96 bits per heavy atom. The van der Waals surface area contributed by atoms with E-state index >= 15 is 0 Å². The molecular formula is C17H22FN5O5. The first-order valence-corrected chi connectivity index (χ1v) is 8.54. The van der Waals surface area contributed by atoms with Crippen LogP contribution in [-0.4, -0.2) is 55.6 Å².